The van der Waals surface area contributed by atoms with Crippen molar-refractivity contribution in [2.75, 3.05) is 0 Å². The lowest BCUT2D eigenvalue weighted by Crippen LogP contribution is -2.11. The number of aromatic nitrogens is 1. The summed E-state index contributed by atoms with van der Waals surface area (Å²) in [6.07, 6.45) is 0. The molecule has 3 nitrogen and oxygen atoms in total. The van der Waals surface area contributed by atoms with Gasteiger partial charge < -0.3 is 10.5 Å². The first kappa shape index (κ1) is 11.8. The molecule has 2 rings (SSSR count). The van der Waals surface area contributed by atoms with Crippen molar-refractivity contribution in [1.82, 2.24) is 4.98 Å². The number of thiocarbonyl (C=S) groups is 1. The molecule has 0 saturated carbocycles. The second-order valence-electron chi connectivity index (χ2n) is 3.28. The molecule has 0 amide bonds. The van der Waals surface area contributed by atoms with E-state index in [1.54, 1.807) is 42.5 Å². The Morgan fingerprint density at radius 1 is 1.24 bits per heavy atom. The second kappa shape index (κ2) is 5.12. The topological polar surface area (TPSA) is 48.1 Å². The molecule has 0 bridgehead atoms. The molecule has 0 aliphatic rings. The van der Waals surface area contributed by atoms with E-state index in [2.05, 4.69) is 4.98 Å². The van der Waals surface area contributed by atoms with Crippen molar-refractivity contribution in [1.29, 1.82) is 0 Å². The summed E-state index contributed by atoms with van der Waals surface area (Å²) in [6, 6.07) is 12.3. The van der Waals surface area contributed by atoms with Gasteiger partial charge in [0.25, 0.3) is 0 Å². The minimum Gasteiger partial charge on any atom is -0.439 e. The van der Waals surface area contributed by atoms with Gasteiger partial charge in [-0.05, 0) is 24.3 Å². The molecule has 0 aliphatic heterocycles. The Hall–Kier alpha value is -1.65. The molecule has 1 aromatic heterocycles. The van der Waals surface area contributed by atoms with Gasteiger partial charge in [0.2, 0.25) is 5.88 Å². The number of halogens is 1. The molecule has 17 heavy (non-hydrogen) atoms. The molecule has 86 valence electrons. The molecular formula is C12H9ClN2OS. The van der Waals surface area contributed by atoms with E-state index < -0.39 is 0 Å². The Kier molecular flexibility index (Phi) is 3.56. The van der Waals surface area contributed by atoms with Crippen LogP contribution in [0.4, 0.5) is 0 Å². The first-order chi connectivity index (χ1) is 8.15. The Morgan fingerprint density at radius 2 is 2.00 bits per heavy atom. The summed E-state index contributed by atoms with van der Waals surface area (Å²) in [4.78, 5) is 4.40. The van der Waals surface area contributed by atoms with Crippen LogP contribution in [-0.4, -0.2) is 9.97 Å². The van der Waals surface area contributed by atoms with Gasteiger partial charge in [-0.1, -0.05) is 36.0 Å². The highest BCUT2D eigenvalue weighted by Crippen LogP contribution is 2.22. The van der Waals surface area contributed by atoms with E-state index >= 15 is 0 Å². The summed E-state index contributed by atoms with van der Waals surface area (Å²) in [5, 5.41) is 0.605. The average Bonchev–Trinajstić information content (AvgIpc) is 2.29. The van der Waals surface area contributed by atoms with Crippen LogP contribution < -0.4 is 10.5 Å². The highest BCUT2D eigenvalue weighted by molar-refractivity contribution is 7.80. The minimum atomic E-state index is 0.238. The zero-order valence-electron chi connectivity index (χ0n) is 8.76. The monoisotopic (exact) mass is 264 g/mol. The fraction of sp³-hybridized carbons (Fsp3) is 0. The van der Waals surface area contributed by atoms with Crippen molar-refractivity contribution in [2.45, 2.75) is 0 Å². The Morgan fingerprint density at radius 3 is 2.71 bits per heavy atom. The Bertz CT molecular complexity index is 560. The number of ether oxygens (including phenoxy) is 1. The van der Waals surface area contributed by atoms with Crippen LogP contribution in [0.15, 0.2) is 42.5 Å². The van der Waals surface area contributed by atoms with E-state index in [0.29, 0.717) is 22.3 Å². The van der Waals surface area contributed by atoms with Gasteiger partial charge in [0, 0.05) is 11.1 Å². The van der Waals surface area contributed by atoms with Crippen molar-refractivity contribution in [3.8, 4) is 11.6 Å². The molecule has 0 saturated heterocycles. The maximum Gasteiger partial charge on any atom is 0.219 e. The molecule has 2 aromatic rings. The van der Waals surface area contributed by atoms with Crippen LogP contribution in [0, 0.1) is 0 Å². The van der Waals surface area contributed by atoms with Gasteiger partial charge in [0.1, 0.15) is 16.4 Å². The molecule has 1 aromatic carbocycles. The predicted molar refractivity (Wildman–Crippen MR) is 71.7 cm³/mol. The molecular weight excluding hydrogens is 256 g/mol. The quantitative estimate of drug-likeness (QED) is 0.865. The fourth-order valence-corrected chi connectivity index (χ4v) is 1.55. The van der Waals surface area contributed by atoms with E-state index in [-0.39, 0.29) is 4.99 Å². The van der Waals surface area contributed by atoms with Gasteiger partial charge in [0.05, 0.1) is 0 Å². The molecule has 0 atom stereocenters. The van der Waals surface area contributed by atoms with Gasteiger partial charge in [-0.3, -0.25) is 0 Å². The van der Waals surface area contributed by atoms with Crippen LogP contribution in [0.2, 0.25) is 5.02 Å². The van der Waals surface area contributed by atoms with Crippen LogP contribution in [0.3, 0.4) is 0 Å². The summed E-state index contributed by atoms with van der Waals surface area (Å²) < 4.78 is 5.54. The summed E-state index contributed by atoms with van der Waals surface area (Å²) >= 11 is 10.7. The van der Waals surface area contributed by atoms with Crippen molar-refractivity contribution < 1.29 is 4.74 Å². The predicted octanol–water partition coefficient (Wildman–Crippen LogP) is 3.16. The Labute approximate surface area is 109 Å². The zero-order chi connectivity index (χ0) is 12.3. The van der Waals surface area contributed by atoms with Gasteiger partial charge in [0.15, 0.2) is 0 Å². The molecule has 0 radical (unpaired) electrons. The van der Waals surface area contributed by atoms with E-state index in [9.17, 15) is 0 Å². The maximum atomic E-state index is 5.85. The van der Waals surface area contributed by atoms with Gasteiger partial charge in [-0.2, -0.15) is 0 Å². The number of pyridine rings is 1. The second-order valence-corrected chi connectivity index (χ2v) is 4.16. The molecule has 5 heteroatoms. The van der Waals surface area contributed by atoms with Crippen molar-refractivity contribution in [3.63, 3.8) is 0 Å². The van der Waals surface area contributed by atoms with E-state index in [1.165, 1.54) is 0 Å². The van der Waals surface area contributed by atoms with Crippen LogP contribution >= 0.6 is 23.8 Å². The number of hydrogen-bond acceptors (Lipinski definition) is 3. The number of rotatable bonds is 3. The summed E-state index contributed by atoms with van der Waals surface area (Å²) in [6.45, 7) is 0. The standard InChI is InChI=1S/C12H9ClN2OS/c13-8-3-1-4-9(7-8)16-11-6-2-5-10(15-11)12(14)17/h1-7H,(H2,14,17). The number of nitrogens with zero attached hydrogens (tertiary/aromatic N) is 1. The molecule has 0 unspecified atom stereocenters. The lowest BCUT2D eigenvalue weighted by atomic mass is 10.3. The van der Waals surface area contributed by atoms with Crippen LogP contribution in [0.5, 0.6) is 11.6 Å². The van der Waals surface area contributed by atoms with E-state index in [0.717, 1.165) is 0 Å². The third kappa shape index (κ3) is 3.15. The number of benzene rings is 1. The molecule has 0 fully saturated rings. The molecule has 2 N–H and O–H groups in total. The van der Waals surface area contributed by atoms with Crippen LogP contribution in [0.25, 0.3) is 0 Å². The maximum absolute atomic E-state index is 5.85. The van der Waals surface area contributed by atoms with Gasteiger partial charge in [-0.15, -0.1) is 0 Å². The minimum absolute atomic E-state index is 0.238. The fourth-order valence-electron chi connectivity index (χ4n) is 1.26. The highest BCUT2D eigenvalue weighted by atomic mass is 35.5. The summed E-state index contributed by atoms with van der Waals surface area (Å²) in [5.74, 6) is 1.04. The van der Waals surface area contributed by atoms with Gasteiger partial charge in [-0.25, -0.2) is 4.98 Å². The Balaban J connectivity index is 2.24. The zero-order valence-corrected chi connectivity index (χ0v) is 10.3. The van der Waals surface area contributed by atoms with Crippen molar-refractivity contribution in [2.24, 2.45) is 5.73 Å². The smallest absolute Gasteiger partial charge is 0.219 e. The number of hydrogen-bond donors (Lipinski definition) is 1. The third-order valence-corrected chi connectivity index (χ3v) is 2.44. The van der Waals surface area contributed by atoms with E-state index in [4.69, 9.17) is 34.3 Å². The number of nitrogens with two attached hydrogens (primary N) is 1. The lowest BCUT2D eigenvalue weighted by Gasteiger charge is -2.06. The highest BCUT2D eigenvalue weighted by Gasteiger charge is 2.02. The normalized spacial score (nSPS) is 9.94. The van der Waals surface area contributed by atoms with Crippen molar-refractivity contribution in [3.05, 3.63) is 53.2 Å². The summed E-state index contributed by atoms with van der Waals surface area (Å²) in [7, 11) is 0. The van der Waals surface area contributed by atoms with Crippen LogP contribution in [-0.2, 0) is 0 Å². The average molecular weight is 265 g/mol. The van der Waals surface area contributed by atoms with Crippen molar-refractivity contribution >= 4 is 28.8 Å². The first-order valence-electron chi connectivity index (χ1n) is 4.85. The molecule has 1 heterocycles. The lowest BCUT2D eigenvalue weighted by molar-refractivity contribution is 0.462. The first-order valence-corrected chi connectivity index (χ1v) is 5.64. The van der Waals surface area contributed by atoms with Crippen LogP contribution in [0.1, 0.15) is 5.69 Å². The SMILES string of the molecule is NC(=S)c1cccc(Oc2cccc(Cl)c2)n1. The third-order valence-electron chi connectivity index (χ3n) is 1.99. The molecule has 0 spiro atoms. The summed E-state index contributed by atoms with van der Waals surface area (Å²) in [5.41, 5.74) is 6.02. The molecule has 0 aliphatic carbocycles. The van der Waals surface area contributed by atoms with E-state index in [1.807, 2.05) is 0 Å². The largest absolute Gasteiger partial charge is 0.439 e. The van der Waals surface area contributed by atoms with Gasteiger partial charge >= 0.3 is 0 Å².